The Morgan fingerprint density at radius 3 is 1.27 bits per heavy atom. The number of carbonyl (C=O) groups is 2. The molecule has 408 valence electrons. The molecule has 0 saturated heterocycles. The van der Waals surface area contributed by atoms with Gasteiger partial charge in [0.15, 0.2) is 0 Å². The van der Waals surface area contributed by atoms with Crippen LogP contribution in [0.4, 0.5) is 0 Å². The van der Waals surface area contributed by atoms with Gasteiger partial charge in [0.1, 0.15) is 6.10 Å². The Balaban J connectivity index is 4.70. The molecule has 0 aromatic rings. The minimum atomic E-state index is -0.813. The Morgan fingerprint density at radius 2 is 0.789 bits per heavy atom. The fourth-order valence-electron chi connectivity index (χ4n) is 8.67. The lowest BCUT2D eigenvalue weighted by Gasteiger charge is -2.24. The first-order valence-corrected chi connectivity index (χ1v) is 30.0. The van der Waals surface area contributed by atoms with Crippen LogP contribution in [0.3, 0.4) is 0 Å². The van der Waals surface area contributed by atoms with Gasteiger partial charge in [0.25, 0.3) is 0 Å². The largest absolute Gasteiger partial charge is 0.462 e. The van der Waals surface area contributed by atoms with Crippen LogP contribution in [-0.2, 0) is 14.3 Å². The maximum atomic E-state index is 13.3. The van der Waals surface area contributed by atoms with E-state index in [2.05, 4.69) is 123 Å². The van der Waals surface area contributed by atoms with Gasteiger partial charge in [-0.05, 0) is 89.9 Å². The molecule has 71 heavy (non-hydrogen) atoms. The lowest BCUT2D eigenvalue weighted by atomic mass is 10.0. The van der Waals surface area contributed by atoms with Crippen LogP contribution in [0.5, 0.6) is 0 Å². The summed E-state index contributed by atoms with van der Waals surface area (Å²) in [6.07, 6.45) is 77.5. The monoisotopic (exact) mass is 988 g/mol. The van der Waals surface area contributed by atoms with Gasteiger partial charge in [-0.2, -0.15) is 0 Å². The van der Waals surface area contributed by atoms with Crippen molar-refractivity contribution in [1.82, 2.24) is 5.32 Å². The second-order valence-electron chi connectivity index (χ2n) is 20.1. The van der Waals surface area contributed by atoms with E-state index >= 15 is 0 Å². The predicted octanol–water partition coefficient (Wildman–Crippen LogP) is 18.8. The molecule has 0 bridgehead atoms. The van der Waals surface area contributed by atoms with E-state index in [1.807, 2.05) is 0 Å². The highest BCUT2D eigenvalue weighted by molar-refractivity contribution is 5.77. The smallest absolute Gasteiger partial charge is 0.306 e. The zero-order valence-electron chi connectivity index (χ0n) is 46.6. The van der Waals surface area contributed by atoms with Gasteiger partial charge in [-0.15, -0.1) is 0 Å². The predicted molar refractivity (Wildman–Crippen MR) is 310 cm³/mol. The van der Waals surface area contributed by atoms with Crippen LogP contribution >= 0.6 is 0 Å². The van der Waals surface area contributed by atoms with Crippen LogP contribution in [0.15, 0.2) is 97.2 Å². The molecule has 3 unspecified atom stereocenters. The molecule has 0 fully saturated rings. The minimum absolute atomic E-state index is 0.0257. The summed E-state index contributed by atoms with van der Waals surface area (Å²) in [5.74, 6) is -0.554. The fourth-order valence-corrected chi connectivity index (χ4v) is 8.67. The van der Waals surface area contributed by atoms with Gasteiger partial charge in [0, 0.05) is 6.42 Å². The average molecular weight is 989 g/mol. The van der Waals surface area contributed by atoms with Crippen LogP contribution < -0.4 is 5.32 Å². The number of allylic oxidation sites excluding steroid dienone is 16. The third-order valence-corrected chi connectivity index (χ3v) is 13.2. The van der Waals surface area contributed by atoms with Crippen molar-refractivity contribution in [2.45, 2.75) is 296 Å². The second kappa shape index (κ2) is 57.7. The summed E-state index contributed by atoms with van der Waals surface area (Å²) in [6.45, 7) is 6.42. The second-order valence-corrected chi connectivity index (χ2v) is 20.1. The Morgan fingerprint density at radius 1 is 0.423 bits per heavy atom. The molecular formula is C65H113NO5. The third-order valence-electron chi connectivity index (χ3n) is 13.2. The highest BCUT2D eigenvalue weighted by Gasteiger charge is 2.24. The van der Waals surface area contributed by atoms with Crippen LogP contribution in [0.1, 0.15) is 278 Å². The number of carbonyl (C=O) groups excluding carboxylic acids is 2. The van der Waals surface area contributed by atoms with Gasteiger partial charge in [-0.1, -0.05) is 272 Å². The lowest BCUT2D eigenvalue weighted by molar-refractivity contribution is -0.151. The molecule has 0 aliphatic heterocycles. The Labute approximate surface area is 439 Å². The van der Waals surface area contributed by atoms with E-state index < -0.39 is 18.2 Å². The van der Waals surface area contributed by atoms with Gasteiger partial charge < -0.3 is 20.3 Å². The van der Waals surface area contributed by atoms with E-state index in [0.29, 0.717) is 19.3 Å². The molecule has 0 heterocycles. The molecule has 0 aliphatic rings. The number of hydrogen-bond donors (Lipinski definition) is 3. The number of rotatable bonds is 53. The molecule has 0 spiro atoms. The highest BCUT2D eigenvalue weighted by atomic mass is 16.5. The van der Waals surface area contributed by atoms with E-state index in [0.717, 1.165) is 96.3 Å². The van der Waals surface area contributed by atoms with Gasteiger partial charge in [0.2, 0.25) is 5.91 Å². The van der Waals surface area contributed by atoms with E-state index in [4.69, 9.17) is 4.74 Å². The molecule has 0 aromatic carbocycles. The number of amides is 1. The zero-order chi connectivity index (χ0) is 51.6. The summed E-state index contributed by atoms with van der Waals surface area (Å²) < 4.78 is 5.93. The normalized spacial score (nSPS) is 13.8. The summed E-state index contributed by atoms with van der Waals surface area (Å²) in [4.78, 5) is 26.3. The van der Waals surface area contributed by atoms with Crippen LogP contribution in [0, 0.1) is 0 Å². The van der Waals surface area contributed by atoms with Gasteiger partial charge in [-0.3, -0.25) is 9.59 Å². The number of hydrogen-bond acceptors (Lipinski definition) is 5. The summed E-state index contributed by atoms with van der Waals surface area (Å²) in [5, 5.41) is 23.9. The van der Waals surface area contributed by atoms with Crippen molar-refractivity contribution in [3.8, 4) is 0 Å². The molecule has 3 N–H and O–H groups in total. The number of nitrogens with one attached hydrogen (secondary N) is 1. The molecule has 0 aliphatic carbocycles. The number of ether oxygens (including phenoxy) is 1. The first kappa shape index (κ1) is 67.8. The number of unbranched alkanes of at least 4 members (excludes halogenated alkanes) is 28. The van der Waals surface area contributed by atoms with Crippen molar-refractivity contribution in [2.75, 3.05) is 6.61 Å². The van der Waals surface area contributed by atoms with Crippen molar-refractivity contribution in [1.29, 1.82) is 0 Å². The molecule has 6 heteroatoms. The summed E-state index contributed by atoms with van der Waals surface area (Å²) in [6, 6.07) is -0.731. The van der Waals surface area contributed by atoms with E-state index in [-0.39, 0.29) is 24.9 Å². The molecule has 3 atom stereocenters. The zero-order valence-corrected chi connectivity index (χ0v) is 46.6. The van der Waals surface area contributed by atoms with E-state index in [1.165, 1.54) is 135 Å². The van der Waals surface area contributed by atoms with Gasteiger partial charge in [0.05, 0.1) is 25.2 Å². The molecule has 0 radical (unpaired) electrons. The summed E-state index contributed by atoms with van der Waals surface area (Å²) in [5.41, 5.74) is 0. The Kier molecular flexibility index (Phi) is 55.1. The molecule has 1 amide bonds. The molecule has 0 saturated carbocycles. The molecule has 0 aromatic heterocycles. The average Bonchev–Trinajstić information content (AvgIpc) is 3.36. The molecular weight excluding hydrogens is 875 g/mol. The van der Waals surface area contributed by atoms with Crippen molar-refractivity contribution < 1.29 is 24.5 Å². The van der Waals surface area contributed by atoms with Gasteiger partial charge in [-0.25, -0.2) is 0 Å². The first-order chi connectivity index (χ1) is 35.0. The van der Waals surface area contributed by atoms with Crippen LogP contribution in [0.2, 0.25) is 0 Å². The quantitative estimate of drug-likeness (QED) is 0.0244. The van der Waals surface area contributed by atoms with E-state index in [9.17, 15) is 19.8 Å². The minimum Gasteiger partial charge on any atom is -0.462 e. The Hall–Kier alpha value is -3.22. The number of aliphatic hydroxyl groups excluding tert-OH is 2. The van der Waals surface area contributed by atoms with Crippen LogP contribution in [0.25, 0.3) is 0 Å². The van der Waals surface area contributed by atoms with Crippen molar-refractivity contribution >= 4 is 11.9 Å². The third kappa shape index (κ3) is 52.9. The molecule has 0 rings (SSSR count). The van der Waals surface area contributed by atoms with Crippen molar-refractivity contribution in [3.05, 3.63) is 97.2 Å². The topological polar surface area (TPSA) is 95.9 Å². The van der Waals surface area contributed by atoms with Crippen LogP contribution in [-0.4, -0.2) is 46.9 Å². The summed E-state index contributed by atoms with van der Waals surface area (Å²) >= 11 is 0. The van der Waals surface area contributed by atoms with Crippen molar-refractivity contribution in [2.24, 2.45) is 0 Å². The van der Waals surface area contributed by atoms with Crippen molar-refractivity contribution in [3.63, 3.8) is 0 Å². The summed E-state index contributed by atoms with van der Waals surface area (Å²) in [7, 11) is 0. The Bertz CT molecular complexity index is 1390. The number of aliphatic hydroxyl groups is 2. The fraction of sp³-hybridized carbons (Fsp3) is 0.723. The lowest BCUT2D eigenvalue weighted by Crippen LogP contribution is -2.46. The first-order valence-electron chi connectivity index (χ1n) is 30.0. The molecule has 6 nitrogen and oxygen atoms in total. The highest BCUT2D eigenvalue weighted by Crippen LogP contribution is 2.17. The maximum absolute atomic E-state index is 13.3. The SMILES string of the molecule is CCCCC/C=C\C/C=C\C/C=C\C/C=C\CCCC(CC(=O)NC(CO)C(O)CCCCCCCCCCCCCCCCCCC)OC(=O)CCCCCCC/C=C/C=C/C=C/C=C/CCCCC. The van der Waals surface area contributed by atoms with E-state index in [1.54, 1.807) is 0 Å². The van der Waals surface area contributed by atoms with Gasteiger partial charge >= 0.3 is 5.97 Å². The number of esters is 1. The standard InChI is InChI=1S/C65H113NO5/c1-4-7-10-13-16-19-22-25-28-31-34-37-40-43-46-49-52-55-58-65(70)71-61(56-53-50-47-44-41-38-35-32-29-26-23-20-17-14-11-8-5-2)59-64(69)66-62(60-67)63(68)57-54-51-48-45-42-39-36-33-30-27-24-21-18-15-12-9-6-3/h16-17,19-20,22,25-26,28-29,31,34-35,37-38,44,47,61-63,67-68H,4-15,18,21,23-24,27,30,32-33,36,39-43,45-46,48-60H2,1-3H3,(H,66,69)/b19-16+,20-17-,25-22+,29-26-,31-28+,37-34+,38-35-,47-44-. The maximum Gasteiger partial charge on any atom is 0.306 e.